The van der Waals surface area contributed by atoms with Crippen molar-refractivity contribution in [3.8, 4) is 44.8 Å². The van der Waals surface area contributed by atoms with Gasteiger partial charge in [-0.2, -0.15) is 0 Å². The standard InChI is InChI=1S/C53H37N5/c1-4-16-35(17-5-1)38-22-14-25-42(32-38)49-47(50(56-52(55-49)37-20-8-3-9-21-37)43-30-29-39(33-43)36-18-6-2-7-19-36)40-23-15-24-41(34-40)48-44-26-10-11-27-45(44)51-53(57-48)58-31-13-12-28-46(58)54-51/h1-8,10-20,22-34,39H,9,21H2. The van der Waals surface area contributed by atoms with Gasteiger partial charge in [-0.15, -0.1) is 0 Å². The highest BCUT2D eigenvalue weighted by atomic mass is 15.1. The van der Waals surface area contributed by atoms with Crippen LogP contribution in [0.5, 0.6) is 0 Å². The van der Waals surface area contributed by atoms with Crippen molar-refractivity contribution in [2.75, 3.05) is 0 Å². The number of imidazole rings is 1. The SMILES string of the molecule is C1=CCCC(c2nc(C3=CC(c4ccccc4)C=C3)c(-c3cccc(-c4nc5c(nc6ccccn65)c5ccccc45)c3)c(-c3cccc(-c4ccccc4)c3)n2)=C1. The van der Waals surface area contributed by atoms with Gasteiger partial charge in [0.15, 0.2) is 11.5 Å². The molecule has 0 saturated carbocycles. The van der Waals surface area contributed by atoms with Crippen LogP contribution in [0.25, 0.3) is 83.5 Å². The van der Waals surface area contributed by atoms with Crippen LogP contribution in [0.2, 0.25) is 0 Å². The van der Waals surface area contributed by atoms with E-state index in [1.54, 1.807) is 0 Å². The van der Waals surface area contributed by atoms with Gasteiger partial charge in [0.05, 0.1) is 17.1 Å². The zero-order valence-electron chi connectivity index (χ0n) is 31.7. The highest BCUT2D eigenvalue weighted by molar-refractivity contribution is 6.09. The summed E-state index contributed by atoms with van der Waals surface area (Å²) in [7, 11) is 0. The number of aromatic nitrogens is 5. The monoisotopic (exact) mass is 743 g/mol. The lowest BCUT2D eigenvalue weighted by molar-refractivity contribution is 1.00. The van der Waals surface area contributed by atoms with Crippen LogP contribution in [0, 0.1) is 0 Å². The Bertz CT molecular complexity index is 3170. The average Bonchev–Trinajstić information content (AvgIpc) is 3.96. The average molecular weight is 744 g/mol. The van der Waals surface area contributed by atoms with Crippen LogP contribution in [0.3, 0.4) is 0 Å². The molecular weight excluding hydrogens is 707 g/mol. The third-order valence-electron chi connectivity index (χ3n) is 11.3. The third-order valence-corrected chi connectivity index (χ3v) is 11.3. The molecule has 11 rings (SSSR count). The minimum Gasteiger partial charge on any atom is -0.284 e. The van der Waals surface area contributed by atoms with Crippen LogP contribution in [0.4, 0.5) is 0 Å². The van der Waals surface area contributed by atoms with Gasteiger partial charge < -0.3 is 0 Å². The Kier molecular flexibility index (Phi) is 8.29. The molecule has 5 aromatic carbocycles. The fraction of sp³-hybridized carbons (Fsp3) is 0.0566. The Hall–Kier alpha value is -7.50. The molecule has 0 saturated heterocycles. The van der Waals surface area contributed by atoms with E-state index in [1.165, 1.54) is 5.56 Å². The minimum absolute atomic E-state index is 0.142. The normalized spacial score (nSPS) is 15.0. The second-order valence-corrected chi connectivity index (χ2v) is 14.9. The van der Waals surface area contributed by atoms with Crippen LogP contribution < -0.4 is 0 Å². The molecule has 58 heavy (non-hydrogen) atoms. The van der Waals surface area contributed by atoms with Crippen LogP contribution in [-0.4, -0.2) is 24.3 Å². The van der Waals surface area contributed by atoms with Gasteiger partial charge in [0.25, 0.3) is 0 Å². The molecule has 2 aliphatic carbocycles. The number of fused-ring (bicyclic) bond motifs is 5. The minimum atomic E-state index is 0.142. The fourth-order valence-electron chi connectivity index (χ4n) is 8.49. The zero-order chi connectivity index (χ0) is 38.4. The Morgan fingerprint density at radius 2 is 1.24 bits per heavy atom. The maximum Gasteiger partial charge on any atom is 0.165 e. The molecule has 4 aromatic heterocycles. The van der Waals surface area contributed by atoms with E-state index in [2.05, 4.69) is 174 Å². The molecule has 274 valence electrons. The molecule has 2 aliphatic rings. The van der Waals surface area contributed by atoms with Gasteiger partial charge in [0.2, 0.25) is 0 Å². The Morgan fingerprint density at radius 1 is 0.552 bits per heavy atom. The first-order valence-electron chi connectivity index (χ1n) is 19.9. The molecule has 0 radical (unpaired) electrons. The van der Waals surface area contributed by atoms with Crippen molar-refractivity contribution in [1.29, 1.82) is 0 Å². The lowest BCUT2D eigenvalue weighted by Gasteiger charge is -2.19. The van der Waals surface area contributed by atoms with Gasteiger partial charge in [0.1, 0.15) is 11.2 Å². The van der Waals surface area contributed by atoms with Gasteiger partial charge >= 0.3 is 0 Å². The summed E-state index contributed by atoms with van der Waals surface area (Å²) in [6.07, 6.45) is 17.3. The van der Waals surface area contributed by atoms with E-state index in [0.29, 0.717) is 0 Å². The van der Waals surface area contributed by atoms with Crippen molar-refractivity contribution in [1.82, 2.24) is 24.3 Å². The summed E-state index contributed by atoms with van der Waals surface area (Å²) in [6, 6.07) is 53.3. The van der Waals surface area contributed by atoms with Crippen LogP contribution in [-0.2, 0) is 0 Å². The van der Waals surface area contributed by atoms with Gasteiger partial charge in [-0.3, -0.25) is 4.40 Å². The second kappa shape index (κ2) is 14.2. The number of allylic oxidation sites excluding steroid dienone is 8. The van der Waals surface area contributed by atoms with Crippen molar-refractivity contribution >= 4 is 38.7 Å². The predicted octanol–water partition coefficient (Wildman–Crippen LogP) is 13.0. The van der Waals surface area contributed by atoms with Crippen molar-refractivity contribution in [2.24, 2.45) is 0 Å². The molecule has 0 N–H and O–H groups in total. The Labute approximate surface area is 336 Å². The molecule has 0 aliphatic heterocycles. The molecule has 4 heterocycles. The maximum absolute atomic E-state index is 5.52. The van der Waals surface area contributed by atoms with Gasteiger partial charge in [-0.25, -0.2) is 19.9 Å². The van der Waals surface area contributed by atoms with E-state index in [9.17, 15) is 0 Å². The van der Waals surface area contributed by atoms with E-state index in [-0.39, 0.29) is 5.92 Å². The van der Waals surface area contributed by atoms with Crippen molar-refractivity contribution in [2.45, 2.75) is 18.8 Å². The van der Waals surface area contributed by atoms with E-state index in [0.717, 1.165) is 108 Å². The molecule has 0 bridgehead atoms. The van der Waals surface area contributed by atoms with Gasteiger partial charge in [-0.05, 0) is 70.5 Å². The number of rotatable bonds is 7. The molecule has 1 atom stereocenters. The first kappa shape index (κ1) is 33.8. The largest absolute Gasteiger partial charge is 0.284 e. The fourth-order valence-corrected chi connectivity index (χ4v) is 8.49. The zero-order valence-corrected chi connectivity index (χ0v) is 31.7. The molecule has 0 fully saturated rings. The van der Waals surface area contributed by atoms with Crippen molar-refractivity contribution in [3.63, 3.8) is 0 Å². The number of hydrogen-bond acceptors (Lipinski definition) is 4. The van der Waals surface area contributed by atoms with E-state index < -0.39 is 0 Å². The summed E-state index contributed by atoms with van der Waals surface area (Å²) in [4.78, 5) is 21.4. The first-order chi connectivity index (χ1) is 28.7. The molecule has 5 nitrogen and oxygen atoms in total. The topological polar surface area (TPSA) is 56.0 Å². The van der Waals surface area contributed by atoms with E-state index in [1.807, 2.05) is 24.4 Å². The number of benzene rings is 5. The van der Waals surface area contributed by atoms with Gasteiger partial charge in [0, 0.05) is 39.6 Å². The van der Waals surface area contributed by atoms with Crippen LogP contribution in [0.15, 0.2) is 194 Å². The predicted molar refractivity (Wildman–Crippen MR) is 238 cm³/mol. The maximum atomic E-state index is 5.52. The molecule has 0 spiro atoms. The van der Waals surface area contributed by atoms with Crippen molar-refractivity contribution < 1.29 is 0 Å². The van der Waals surface area contributed by atoms with E-state index >= 15 is 0 Å². The van der Waals surface area contributed by atoms with Crippen molar-refractivity contribution in [3.05, 3.63) is 211 Å². The second-order valence-electron chi connectivity index (χ2n) is 14.9. The summed E-state index contributed by atoms with van der Waals surface area (Å²) in [6.45, 7) is 0. The van der Waals surface area contributed by atoms with Gasteiger partial charge in [-0.1, -0.05) is 164 Å². The Morgan fingerprint density at radius 3 is 2.07 bits per heavy atom. The molecule has 9 aromatic rings. The quantitative estimate of drug-likeness (QED) is 0.163. The highest BCUT2D eigenvalue weighted by Crippen LogP contribution is 2.43. The third kappa shape index (κ3) is 5.96. The molecule has 0 amide bonds. The van der Waals surface area contributed by atoms with Crippen LogP contribution in [0.1, 0.15) is 35.8 Å². The number of nitrogens with zero attached hydrogens (tertiary/aromatic N) is 5. The number of pyridine rings is 2. The first-order valence-corrected chi connectivity index (χ1v) is 19.9. The number of hydrogen-bond donors (Lipinski definition) is 0. The molecular formula is C53H37N5. The summed E-state index contributed by atoms with van der Waals surface area (Å²) < 4.78 is 2.08. The summed E-state index contributed by atoms with van der Waals surface area (Å²) in [5, 5.41) is 2.13. The lowest BCUT2D eigenvalue weighted by Crippen LogP contribution is -2.06. The summed E-state index contributed by atoms with van der Waals surface area (Å²) >= 11 is 0. The lowest BCUT2D eigenvalue weighted by atomic mass is 9.90. The highest BCUT2D eigenvalue weighted by Gasteiger charge is 2.25. The molecule has 1 unspecified atom stereocenters. The van der Waals surface area contributed by atoms with E-state index in [4.69, 9.17) is 19.9 Å². The molecule has 5 heteroatoms. The summed E-state index contributed by atoms with van der Waals surface area (Å²) in [5.41, 5.74) is 15.2. The Balaban J connectivity index is 1.17. The summed E-state index contributed by atoms with van der Waals surface area (Å²) in [5.74, 6) is 0.908. The smallest absolute Gasteiger partial charge is 0.165 e. The van der Waals surface area contributed by atoms with Crippen LogP contribution >= 0.6 is 0 Å².